The number of morpholine rings is 1. The molecule has 2 unspecified atom stereocenters. The third-order valence-electron chi connectivity index (χ3n) is 4.47. The molecular weight excluding hydrogens is 304 g/mol. The first-order valence-electron chi connectivity index (χ1n) is 8.46. The lowest BCUT2D eigenvalue weighted by molar-refractivity contribution is -0.147. The minimum atomic E-state index is -0.549. The average molecular weight is 332 g/mol. The fourth-order valence-corrected chi connectivity index (χ4v) is 2.86. The van der Waals surface area contributed by atoms with Gasteiger partial charge in [0.1, 0.15) is 6.04 Å². The minimum Gasteiger partial charge on any atom is -0.377 e. The van der Waals surface area contributed by atoms with Crippen LogP contribution in [0.5, 0.6) is 0 Å². The molecule has 1 heterocycles. The number of nitrogens with one attached hydrogen (secondary N) is 1. The third kappa shape index (κ3) is 4.35. The molecule has 0 saturated carbocycles. The van der Waals surface area contributed by atoms with Crippen molar-refractivity contribution in [3.05, 3.63) is 35.4 Å². The standard InChI is InChI=1S/C19H28N2O3/c1-13(15-6-8-16(9-7-15)19(3,4)5)20-18(23)17-12-24-11-10-21(17)14(2)22/h6-9,13,17H,10-12H2,1-5H3,(H,20,23). The summed E-state index contributed by atoms with van der Waals surface area (Å²) in [5.74, 6) is -0.266. The molecule has 1 aromatic rings. The number of rotatable bonds is 3. The summed E-state index contributed by atoms with van der Waals surface area (Å²) >= 11 is 0. The van der Waals surface area contributed by atoms with E-state index in [4.69, 9.17) is 4.74 Å². The van der Waals surface area contributed by atoms with Crippen LogP contribution in [0.3, 0.4) is 0 Å². The van der Waals surface area contributed by atoms with E-state index in [1.807, 2.05) is 19.1 Å². The van der Waals surface area contributed by atoms with Gasteiger partial charge >= 0.3 is 0 Å². The van der Waals surface area contributed by atoms with Gasteiger partial charge in [0.05, 0.1) is 19.3 Å². The fraction of sp³-hybridized carbons (Fsp3) is 0.579. The Morgan fingerprint density at radius 3 is 2.42 bits per heavy atom. The molecular formula is C19H28N2O3. The first kappa shape index (κ1) is 18.5. The van der Waals surface area contributed by atoms with Crippen LogP contribution in [0.2, 0.25) is 0 Å². The second-order valence-corrected chi connectivity index (χ2v) is 7.41. The molecule has 0 spiro atoms. The topological polar surface area (TPSA) is 58.6 Å². The maximum absolute atomic E-state index is 12.5. The molecule has 5 heteroatoms. The summed E-state index contributed by atoms with van der Waals surface area (Å²) in [4.78, 5) is 25.8. The highest BCUT2D eigenvalue weighted by molar-refractivity contribution is 5.87. The van der Waals surface area contributed by atoms with Crippen LogP contribution < -0.4 is 5.32 Å². The molecule has 2 amide bonds. The van der Waals surface area contributed by atoms with Gasteiger partial charge < -0.3 is 15.0 Å². The van der Waals surface area contributed by atoms with Gasteiger partial charge in [-0.1, -0.05) is 45.0 Å². The van der Waals surface area contributed by atoms with Gasteiger partial charge in [-0.3, -0.25) is 9.59 Å². The molecule has 0 aromatic heterocycles. The fourth-order valence-electron chi connectivity index (χ4n) is 2.86. The van der Waals surface area contributed by atoms with E-state index in [1.54, 1.807) is 4.90 Å². The Labute approximate surface area is 144 Å². The van der Waals surface area contributed by atoms with Crippen LogP contribution in [0.15, 0.2) is 24.3 Å². The van der Waals surface area contributed by atoms with E-state index < -0.39 is 6.04 Å². The summed E-state index contributed by atoms with van der Waals surface area (Å²) in [6.07, 6.45) is 0. The zero-order valence-corrected chi connectivity index (χ0v) is 15.3. The largest absolute Gasteiger partial charge is 0.377 e. The molecule has 1 aromatic carbocycles. The summed E-state index contributed by atoms with van der Waals surface area (Å²) in [6.45, 7) is 11.1. The average Bonchev–Trinajstić information content (AvgIpc) is 2.54. The van der Waals surface area contributed by atoms with Crippen molar-refractivity contribution in [3.63, 3.8) is 0 Å². The second kappa shape index (κ2) is 7.34. The minimum absolute atomic E-state index is 0.0966. The number of hydrogen-bond acceptors (Lipinski definition) is 3. The van der Waals surface area contributed by atoms with Crippen molar-refractivity contribution in [1.29, 1.82) is 0 Å². The molecule has 2 atom stereocenters. The van der Waals surface area contributed by atoms with E-state index in [9.17, 15) is 9.59 Å². The molecule has 0 radical (unpaired) electrons. The zero-order valence-electron chi connectivity index (χ0n) is 15.3. The smallest absolute Gasteiger partial charge is 0.245 e. The summed E-state index contributed by atoms with van der Waals surface area (Å²) < 4.78 is 5.37. The van der Waals surface area contributed by atoms with Crippen LogP contribution in [0, 0.1) is 0 Å². The molecule has 2 rings (SSSR count). The number of amides is 2. The maximum Gasteiger partial charge on any atom is 0.245 e. The number of ether oxygens (including phenoxy) is 1. The van der Waals surface area contributed by atoms with Crippen LogP contribution >= 0.6 is 0 Å². The Hall–Kier alpha value is -1.88. The number of benzene rings is 1. The van der Waals surface area contributed by atoms with E-state index in [1.165, 1.54) is 12.5 Å². The molecule has 0 bridgehead atoms. The number of hydrogen-bond donors (Lipinski definition) is 1. The SMILES string of the molecule is CC(=O)N1CCOCC1C(=O)NC(C)c1ccc(C(C)(C)C)cc1. The Kier molecular flexibility index (Phi) is 5.65. The summed E-state index contributed by atoms with van der Waals surface area (Å²) in [5.41, 5.74) is 2.41. The lowest BCUT2D eigenvalue weighted by atomic mass is 9.86. The Morgan fingerprint density at radius 2 is 1.88 bits per heavy atom. The molecule has 5 nitrogen and oxygen atoms in total. The van der Waals surface area contributed by atoms with Gasteiger partial charge in [-0.2, -0.15) is 0 Å². The number of carbonyl (C=O) groups excluding carboxylic acids is 2. The lowest BCUT2D eigenvalue weighted by Gasteiger charge is -2.34. The van der Waals surface area contributed by atoms with Gasteiger partial charge in [-0.25, -0.2) is 0 Å². The Balaban J connectivity index is 2.04. The second-order valence-electron chi connectivity index (χ2n) is 7.41. The highest BCUT2D eigenvalue weighted by Crippen LogP contribution is 2.24. The highest BCUT2D eigenvalue weighted by atomic mass is 16.5. The predicted molar refractivity (Wildman–Crippen MR) is 93.7 cm³/mol. The summed E-state index contributed by atoms with van der Waals surface area (Å²) in [7, 11) is 0. The van der Waals surface area contributed by atoms with Gasteiger partial charge in [0, 0.05) is 13.5 Å². The van der Waals surface area contributed by atoms with Crippen LogP contribution in [0.25, 0.3) is 0 Å². The summed E-state index contributed by atoms with van der Waals surface area (Å²) in [5, 5.41) is 3.00. The van der Waals surface area contributed by atoms with Crippen molar-refractivity contribution in [2.75, 3.05) is 19.8 Å². The van der Waals surface area contributed by atoms with Gasteiger partial charge in [0.25, 0.3) is 0 Å². The van der Waals surface area contributed by atoms with Crippen molar-refractivity contribution < 1.29 is 14.3 Å². The third-order valence-corrected chi connectivity index (χ3v) is 4.47. The van der Waals surface area contributed by atoms with E-state index in [0.717, 1.165) is 5.56 Å². The van der Waals surface area contributed by atoms with Crippen molar-refractivity contribution in [2.45, 2.75) is 52.1 Å². The van der Waals surface area contributed by atoms with Gasteiger partial charge in [-0.15, -0.1) is 0 Å². The zero-order chi connectivity index (χ0) is 17.9. The van der Waals surface area contributed by atoms with E-state index in [0.29, 0.717) is 13.2 Å². The monoisotopic (exact) mass is 332 g/mol. The van der Waals surface area contributed by atoms with E-state index in [-0.39, 0.29) is 29.9 Å². The first-order valence-corrected chi connectivity index (χ1v) is 8.46. The number of nitrogens with zero attached hydrogens (tertiary/aromatic N) is 1. The van der Waals surface area contributed by atoms with Crippen LogP contribution in [-0.4, -0.2) is 42.5 Å². The summed E-state index contributed by atoms with van der Waals surface area (Å²) in [6, 6.07) is 7.62. The molecule has 1 aliphatic rings. The van der Waals surface area contributed by atoms with Crippen molar-refractivity contribution >= 4 is 11.8 Å². The Bertz CT molecular complexity index is 590. The molecule has 0 aliphatic carbocycles. The van der Waals surface area contributed by atoms with Crippen LogP contribution in [-0.2, 0) is 19.7 Å². The molecule has 1 saturated heterocycles. The van der Waals surface area contributed by atoms with Crippen molar-refractivity contribution in [1.82, 2.24) is 10.2 Å². The van der Waals surface area contributed by atoms with E-state index in [2.05, 4.69) is 38.2 Å². The van der Waals surface area contributed by atoms with Gasteiger partial charge in [-0.05, 0) is 23.5 Å². The van der Waals surface area contributed by atoms with Gasteiger partial charge in [0.2, 0.25) is 11.8 Å². The first-order chi connectivity index (χ1) is 11.2. The van der Waals surface area contributed by atoms with Gasteiger partial charge in [0.15, 0.2) is 0 Å². The molecule has 1 aliphatic heterocycles. The maximum atomic E-state index is 12.5. The van der Waals surface area contributed by atoms with Crippen molar-refractivity contribution in [3.8, 4) is 0 Å². The lowest BCUT2D eigenvalue weighted by Crippen LogP contribution is -2.55. The molecule has 132 valence electrons. The normalized spacial score (nSPS) is 19.7. The van der Waals surface area contributed by atoms with Crippen LogP contribution in [0.4, 0.5) is 0 Å². The highest BCUT2D eigenvalue weighted by Gasteiger charge is 2.31. The number of carbonyl (C=O) groups is 2. The Morgan fingerprint density at radius 1 is 1.25 bits per heavy atom. The van der Waals surface area contributed by atoms with Crippen LogP contribution in [0.1, 0.15) is 51.8 Å². The molecule has 1 fully saturated rings. The van der Waals surface area contributed by atoms with E-state index >= 15 is 0 Å². The molecule has 1 N–H and O–H groups in total. The molecule has 24 heavy (non-hydrogen) atoms. The predicted octanol–water partition coefficient (Wildman–Crippen LogP) is 2.41. The quantitative estimate of drug-likeness (QED) is 0.925. The van der Waals surface area contributed by atoms with Crippen molar-refractivity contribution in [2.24, 2.45) is 0 Å².